The van der Waals surface area contributed by atoms with Gasteiger partial charge in [0.2, 0.25) is 5.91 Å². The Morgan fingerprint density at radius 1 is 1.42 bits per heavy atom. The van der Waals surface area contributed by atoms with Gasteiger partial charge in [0.25, 0.3) is 0 Å². The summed E-state index contributed by atoms with van der Waals surface area (Å²) >= 11 is 0. The molecule has 0 heterocycles. The third-order valence-electron chi connectivity index (χ3n) is 2.75. The van der Waals surface area contributed by atoms with Crippen LogP contribution < -0.4 is 5.73 Å². The highest BCUT2D eigenvalue weighted by atomic mass is 16.2. The van der Waals surface area contributed by atoms with Crippen LogP contribution in [0, 0.1) is 5.41 Å². The summed E-state index contributed by atoms with van der Waals surface area (Å²) in [4.78, 5) is 13.6. The maximum absolute atomic E-state index is 11.8. The van der Waals surface area contributed by atoms with Crippen LogP contribution in [-0.4, -0.2) is 30.4 Å². The summed E-state index contributed by atoms with van der Waals surface area (Å²) in [6.45, 7) is 6.14. The molecule has 0 aromatic carbocycles. The third-order valence-corrected chi connectivity index (χ3v) is 2.75. The second kappa shape index (κ2) is 3.44. The van der Waals surface area contributed by atoms with Crippen molar-refractivity contribution in [3.63, 3.8) is 0 Å². The topological polar surface area (TPSA) is 46.3 Å². The van der Waals surface area contributed by atoms with Crippen LogP contribution in [0.2, 0.25) is 0 Å². The summed E-state index contributed by atoms with van der Waals surface area (Å²) in [5.74, 6) is 0.259. The molecule has 0 unspecified atom stereocenters. The summed E-state index contributed by atoms with van der Waals surface area (Å²) in [6.07, 6.45) is 1.97. The van der Waals surface area contributed by atoms with E-state index in [0.29, 0.717) is 6.54 Å². The Morgan fingerprint density at radius 3 is 2.17 bits per heavy atom. The molecule has 70 valence electrons. The van der Waals surface area contributed by atoms with E-state index in [1.807, 2.05) is 18.7 Å². The van der Waals surface area contributed by atoms with Crippen molar-refractivity contribution < 1.29 is 4.79 Å². The SMILES string of the molecule is CCN(CC)C(=O)C1(CN)CC1. The Kier molecular flexibility index (Phi) is 2.73. The molecule has 3 nitrogen and oxygen atoms in total. The fraction of sp³-hybridized carbons (Fsp3) is 0.889. The molecule has 1 aliphatic rings. The van der Waals surface area contributed by atoms with Crippen molar-refractivity contribution in [1.29, 1.82) is 0 Å². The third kappa shape index (κ3) is 1.46. The molecule has 1 amide bonds. The van der Waals surface area contributed by atoms with Gasteiger partial charge in [0.05, 0.1) is 5.41 Å². The molecule has 0 atom stereocenters. The minimum Gasteiger partial charge on any atom is -0.343 e. The zero-order valence-corrected chi connectivity index (χ0v) is 7.97. The molecule has 2 N–H and O–H groups in total. The molecule has 0 aliphatic heterocycles. The Hall–Kier alpha value is -0.570. The van der Waals surface area contributed by atoms with Gasteiger partial charge >= 0.3 is 0 Å². The largest absolute Gasteiger partial charge is 0.343 e. The van der Waals surface area contributed by atoms with E-state index in [0.717, 1.165) is 25.9 Å². The number of amides is 1. The van der Waals surface area contributed by atoms with Gasteiger partial charge in [0.1, 0.15) is 0 Å². The first-order valence-electron chi connectivity index (χ1n) is 4.69. The summed E-state index contributed by atoms with van der Waals surface area (Å²) in [5.41, 5.74) is 5.41. The van der Waals surface area contributed by atoms with E-state index in [1.54, 1.807) is 0 Å². The second-order valence-electron chi connectivity index (χ2n) is 3.46. The molecule has 1 fully saturated rings. The quantitative estimate of drug-likeness (QED) is 0.671. The Labute approximate surface area is 73.9 Å². The molecule has 1 saturated carbocycles. The van der Waals surface area contributed by atoms with E-state index in [2.05, 4.69) is 0 Å². The minimum absolute atomic E-state index is 0.161. The number of carbonyl (C=O) groups is 1. The molecular weight excluding hydrogens is 152 g/mol. The molecule has 0 radical (unpaired) electrons. The van der Waals surface area contributed by atoms with E-state index in [1.165, 1.54) is 0 Å². The van der Waals surface area contributed by atoms with Crippen LogP contribution in [0.5, 0.6) is 0 Å². The molecule has 0 bridgehead atoms. The number of carbonyl (C=O) groups excluding carboxylic acids is 1. The molecule has 0 aromatic rings. The lowest BCUT2D eigenvalue weighted by Crippen LogP contribution is -2.40. The summed E-state index contributed by atoms with van der Waals surface area (Å²) in [6, 6.07) is 0. The second-order valence-corrected chi connectivity index (χ2v) is 3.46. The van der Waals surface area contributed by atoms with Gasteiger partial charge in [-0.25, -0.2) is 0 Å². The Bertz CT molecular complexity index is 171. The minimum atomic E-state index is -0.161. The number of hydrogen-bond acceptors (Lipinski definition) is 2. The van der Waals surface area contributed by atoms with Crippen molar-refractivity contribution in [3.8, 4) is 0 Å². The van der Waals surface area contributed by atoms with Gasteiger partial charge in [0.15, 0.2) is 0 Å². The van der Waals surface area contributed by atoms with Gasteiger partial charge in [-0.1, -0.05) is 0 Å². The molecule has 3 heteroatoms. The molecule has 0 aromatic heterocycles. The number of rotatable bonds is 4. The zero-order chi connectivity index (χ0) is 9.19. The van der Waals surface area contributed by atoms with Crippen molar-refractivity contribution in [1.82, 2.24) is 4.90 Å². The average Bonchev–Trinajstić information content (AvgIpc) is 2.86. The predicted octanol–water partition coefficient (Wildman–Crippen LogP) is 0.594. The smallest absolute Gasteiger partial charge is 0.230 e. The van der Waals surface area contributed by atoms with Gasteiger partial charge in [0, 0.05) is 19.6 Å². The lowest BCUT2D eigenvalue weighted by Gasteiger charge is -2.23. The van der Waals surface area contributed by atoms with Crippen LogP contribution in [0.1, 0.15) is 26.7 Å². The lowest BCUT2D eigenvalue weighted by molar-refractivity contribution is -0.136. The van der Waals surface area contributed by atoms with Crippen LogP contribution in [0.25, 0.3) is 0 Å². The number of hydrogen-bond donors (Lipinski definition) is 1. The fourth-order valence-corrected chi connectivity index (χ4v) is 1.50. The highest BCUT2D eigenvalue weighted by Crippen LogP contribution is 2.45. The molecule has 1 rings (SSSR count). The fourth-order valence-electron chi connectivity index (χ4n) is 1.50. The first kappa shape index (κ1) is 9.52. The van der Waals surface area contributed by atoms with Crippen molar-refractivity contribution in [2.75, 3.05) is 19.6 Å². The van der Waals surface area contributed by atoms with E-state index < -0.39 is 0 Å². The van der Waals surface area contributed by atoms with Crippen molar-refractivity contribution in [2.45, 2.75) is 26.7 Å². The first-order valence-corrected chi connectivity index (χ1v) is 4.69. The van der Waals surface area contributed by atoms with E-state index in [-0.39, 0.29) is 11.3 Å². The van der Waals surface area contributed by atoms with Gasteiger partial charge < -0.3 is 10.6 Å². The monoisotopic (exact) mass is 170 g/mol. The highest BCUT2D eigenvalue weighted by Gasteiger charge is 2.49. The maximum atomic E-state index is 11.8. The Balaban J connectivity index is 2.56. The van der Waals surface area contributed by atoms with Crippen molar-refractivity contribution in [2.24, 2.45) is 11.1 Å². The van der Waals surface area contributed by atoms with E-state index in [4.69, 9.17) is 5.73 Å². The van der Waals surface area contributed by atoms with Crippen LogP contribution >= 0.6 is 0 Å². The Morgan fingerprint density at radius 2 is 1.92 bits per heavy atom. The summed E-state index contributed by atoms with van der Waals surface area (Å²) < 4.78 is 0. The molecular formula is C9H18N2O. The zero-order valence-electron chi connectivity index (χ0n) is 7.97. The molecule has 0 saturated heterocycles. The lowest BCUT2D eigenvalue weighted by atomic mass is 10.1. The average molecular weight is 170 g/mol. The van der Waals surface area contributed by atoms with Crippen molar-refractivity contribution in [3.05, 3.63) is 0 Å². The summed E-state index contributed by atoms with van der Waals surface area (Å²) in [5, 5.41) is 0. The van der Waals surface area contributed by atoms with Gasteiger partial charge in [-0.05, 0) is 26.7 Å². The molecule has 0 spiro atoms. The van der Waals surface area contributed by atoms with Gasteiger partial charge in [-0.15, -0.1) is 0 Å². The highest BCUT2D eigenvalue weighted by molar-refractivity contribution is 5.85. The number of nitrogens with two attached hydrogens (primary N) is 1. The molecule has 1 aliphatic carbocycles. The first-order chi connectivity index (χ1) is 5.70. The van der Waals surface area contributed by atoms with Gasteiger partial charge in [-0.3, -0.25) is 4.79 Å². The van der Waals surface area contributed by atoms with Crippen LogP contribution in [0.4, 0.5) is 0 Å². The molecule has 12 heavy (non-hydrogen) atoms. The van der Waals surface area contributed by atoms with Crippen LogP contribution in [0.3, 0.4) is 0 Å². The van der Waals surface area contributed by atoms with E-state index in [9.17, 15) is 4.79 Å². The van der Waals surface area contributed by atoms with Crippen LogP contribution in [0.15, 0.2) is 0 Å². The predicted molar refractivity (Wildman–Crippen MR) is 48.6 cm³/mol. The van der Waals surface area contributed by atoms with Crippen LogP contribution in [-0.2, 0) is 4.79 Å². The standard InChI is InChI=1S/C9H18N2O/c1-3-11(4-2)8(12)9(7-10)5-6-9/h3-7,10H2,1-2H3. The van der Waals surface area contributed by atoms with E-state index >= 15 is 0 Å². The normalized spacial score (nSPS) is 18.9. The summed E-state index contributed by atoms with van der Waals surface area (Å²) in [7, 11) is 0. The maximum Gasteiger partial charge on any atom is 0.230 e. The van der Waals surface area contributed by atoms with Crippen molar-refractivity contribution >= 4 is 5.91 Å². The van der Waals surface area contributed by atoms with Gasteiger partial charge in [-0.2, -0.15) is 0 Å². The number of nitrogens with zero attached hydrogens (tertiary/aromatic N) is 1.